The van der Waals surface area contributed by atoms with Crippen LogP contribution in [0.5, 0.6) is 0 Å². The third-order valence-electron chi connectivity index (χ3n) is 17.0. The third kappa shape index (κ3) is 7.76. The maximum atomic E-state index is 13.9. The van der Waals surface area contributed by atoms with Crippen LogP contribution in [0.25, 0.3) is 11.1 Å². The SMILES string of the molecule is COCC12CCC(CCN3CCc4c(nc(C(=O)Nc5cccc(-c6cccc(NC(=O)c7nc8c(n7C)CCN(CCC79CCC(C(=O)O)(CC7)C9)C8)c6Cl)c5C#N)n4C)C3)(CC1)C2. The van der Waals surface area contributed by atoms with Gasteiger partial charge in [-0.15, -0.1) is 0 Å². The van der Waals surface area contributed by atoms with Gasteiger partial charge in [-0.2, -0.15) is 5.26 Å². The van der Waals surface area contributed by atoms with Crippen LogP contribution in [0.4, 0.5) is 11.4 Å². The van der Waals surface area contributed by atoms with Crippen molar-refractivity contribution in [3.8, 4) is 17.2 Å². The predicted molar refractivity (Wildman–Crippen MR) is 247 cm³/mol. The first-order valence-corrected chi connectivity index (χ1v) is 23.9. The van der Waals surface area contributed by atoms with E-state index in [4.69, 9.17) is 26.3 Å². The zero-order valence-electron chi connectivity index (χ0n) is 37.9. The predicted octanol–water partition coefficient (Wildman–Crippen LogP) is 7.98. The normalized spacial score (nSPS) is 26.8. The van der Waals surface area contributed by atoms with Crippen molar-refractivity contribution in [1.29, 1.82) is 5.26 Å². The number of methoxy groups -OCH3 is 1. The second-order valence-corrected chi connectivity index (χ2v) is 21.0. The molecule has 0 spiro atoms. The summed E-state index contributed by atoms with van der Waals surface area (Å²) in [4.78, 5) is 54.3. The fourth-order valence-corrected chi connectivity index (χ4v) is 13.5. The van der Waals surface area contributed by atoms with E-state index in [9.17, 15) is 24.8 Å². The molecule has 65 heavy (non-hydrogen) atoms. The van der Waals surface area contributed by atoms with Crippen LogP contribution in [0, 0.1) is 33.0 Å². The number of amides is 2. The molecule has 2 amide bonds. The maximum absolute atomic E-state index is 13.9. The molecule has 342 valence electrons. The fraction of sp³-hybridized carbons (Fsp3) is 0.560. The minimum absolute atomic E-state index is 0.122. The molecule has 15 heteroatoms. The number of nitrogens with zero attached hydrogens (tertiary/aromatic N) is 7. The highest BCUT2D eigenvalue weighted by Gasteiger charge is 2.58. The van der Waals surface area contributed by atoms with E-state index in [1.165, 1.54) is 38.5 Å². The van der Waals surface area contributed by atoms with Crippen LogP contribution in [0.15, 0.2) is 36.4 Å². The summed E-state index contributed by atoms with van der Waals surface area (Å²) in [6, 6.07) is 12.8. The summed E-state index contributed by atoms with van der Waals surface area (Å²) in [5.41, 5.74) is 6.31. The standard InChI is InChI=1S/C50H60ClN9O5/c1-57-39-10-22-59(24-20-47-12-14-49(29-47,15-13-47)31-65-3)27-37(39)53-42(57)44(61)55-35-8-4-6-32(34(35)26-52)33-7-5-9-36(41(33)51)56-45(62)43-54-38-28-60(23-11-40(38)58(43)2)25-21-48-16-18-50(30-48,19-17-48)46(63)64/h4-9H,10-25,27-31H2,1-3H3,(H,55,61)(H,56,62)(H,63,64). The van der Waals surface area contributed by atoms with Crippen molar-refractivity contribution in [3.63, 3.8) is 0 Å². The number of fused-ring (bicyclic) bond motifs is 6. The van der Waals surface area contributed by atoms with Crippen molar-refractivity contribution >= 4 is 40.8 Å². The number of imidazole rings is 2. The van der Waals surface area contributed by atoms with Crippen molar-refractivity contribution < 1.29 is 24.2 Å². The first-order chi connectivity index (χ1) is 31.3. The Hall–Kier alpha value is -5.07. The summed E-state index contributed by atoms with van der Waals surface area (Å²) in [5.74, 6) is -0.834. The van der Waals surface area contributed by atoms with Gasteiger partial charge in [-0.05, 0) is 119 Å². The zero-order valence-corrected chi connectivity index (χ0v) is 38.7. The number of aliphatic carboxylic acids is 1. The van der Waals surface area contributed by atoms with E-state index < -0.39 is 23.2 Å². The van der Waals surface area contributed by atoms with Gasteiger partial charge in [-0.3, -0.25) is 24.2 Å². The van der Waals surface area contributed by atoms with Crippen LogP contribution in [0.3, 0.4) is 0 Å². The average Bonchev–Trinajstić information content (AvgIpc) is 4.16. The van der Waals surface area contributed by atoms with E-state index in [1.807, 2.05) is 30.3 Å². The molecule has 10 rings (SSSR count). The molecular weight excluding hydrogens is 842 g/mol. The minimum Gasteiger partial charge on any atom is -0.481 e. The van der Waals surface area contributed by atoms with Gasteiger partial charge in [-0.25, -0.2) is 9.97 Å². The number of hydrogen-bond donors (Lipinski definition) is 3. The number of anilines is 2. The van der Waals surface area contributed by atoms with Gasteiger partial charge in [0.25, 0.3) is 11.8 Å². The number of halogens is 1. The molecule has 2 aromatic heterocycles. The van der Waals surface area contributed by atoms with Crippen molar-refractivity contribution in [1.82, 2.24) is 28.9 Å². The number of benzene rings is 2. The Labute approximate surface area is 385 Å². The van der Waals surface area contributed by atoms with Crippen molar-refractivity contribution in [2.75, 3.05) is 50.5 Å². The van der Waals surface area contributed by atoms with E-state index in [-0.39, 0.29) is 21.8 Å². The van der Waals surface area contributed by atoms with E-state index in [0.29, 0.717) is 52.2 Å². The van der Waals surface area contributed by atoms with E-state index in [1.54, 1.807) is 36.4 Å². The second kappa shape index (κ2) is 16.7. The van der Waals surface area contributed by atoms with Gasteiger partial charge < -0.3 is 29.6 Å². The molecule has 6 aliphatic rings. The Morgan fingerprint density at radius 1 is 0.754 bits per heavy atom. The van der Waals surface area contributed by atoms with Gasteiger partial charge in [-0.1, -0.05) is 35.9 Å². The average molecular weight is 903 g/mol. The van der Waals surface area contributed by atoms with E-state index in [0.717, 1.165) is 107 Å². The minimum atomic E-state index is -0.632. The Morgan fingerprint density at radius 2 is 1.26 bits per heavy atom. The molecule has 4 aromatic rings. The van der Waals surface area contributed by atoms with Gasteiger partial charge in [0.1, 0.15) is 6.07 Å². The lowest BCUT2D eigenvalue weighted by atomic mass is 9.80. The van der Waals surface area contributed by atoms with Gasteiger partial charge in [0, 0.05) is 82.7 Å². The number of carbonyl (C=O) groups excluding carboxylic acids is 2. The third-order valence-corrected chi connectivity index (χ3v) is 17.4. The molecule has 3 N–H and O–H groups in total. The van der Waals surface area contributed by atoms with Crippen molar-refractivity contribution in [2.24, 2.45) is 35.8 Å². The molecule has 0 unspecified atom stereocenters. The first-order valence-electron chi connectivity index (χ1n) is 23.5. The van der Waals surface area contributed by atoms with Gasteiger partial charge in [0.05, 0.1) is 45.4 Å². The quantitative estimate of drug-likeness (QED) is 0.113. The summed E-state index contributed by atoms with van der Waals surface area (Å²) in [6.45, 7) is 5.90. The molecule has 4 saturated carbocycles. The molecule has 4 aliphatic carbocycles. The monoisotopic (exact) mass is 901 g/mol. The highest BCUT2D eigenvalue weighted by Crippen LogP contribution is 2.64. The van der Waals surface area contributed by atoms with Crippen LogP contribution in [0.1, 0.15) is 127 Å². The van der Waals surface area contributed by atoms with Crippen molar-refractivity contribution in [2.45, 2.75) is 103 Å². The van der Waals surface area contributed by atoms with E-state index >= 15 is 0 Å². The lowest BCUT2D eigenvalue weighted by molar-refractivity contribution is -0.148. The molecule has 0 atom stereocenters. The van der Waals surface area contributed by atoms with E-state index in [2.05, 4.69) is 26.5 Å². The Morgan fingerprint density at radius 3 is 1.80 bits per heavy atom. The first kappa shape index (κ1) is 43.8. The number of hydrogen-bond acceptors (Lipinski definition) is 9. The van der Waals surface area contributed by atoms with Crippen LogP contribution in [-0.4, -0.2) is 91.7 Å². The van der Waals surface area contributed by atoms with Gasteiger partial charge in [0.2, 0.25) is 0 Å². The highest BCUT2D eigenvalue weighted by molar-refractivity contribution is 6.36. The number of ether oxygens (including phenoxy) is 1. The molecule has 14 nitrogen and oxygen atoms in total. The van der Waals surface area contributed by atoms with Gasteiger partial charge in [0.15, 0.2) is 11.6 Å². The number of aromatic nitrogens is 4. The van der Waals surface area contributed by atoms with Crippen LogP contribution >= 0.6 is 11.6 Å². The lowest BCUT2D eigenvalue weighted by Crippen LogP contribution is -2.34. The topological polar surface area (TPSA) is 171 Å². The maximum Gasteiger partial charge on any atom is 0.309 e. The molecular formula is C50H60ClN9O5. The van der Waals surface area contributed by atoms with Crippen LogP contribution in [0.2, 0.25) is 5.02 Å². The Balaban J connectivity index is 0.790. The number of carbonyl (C=O) groups is 3. The Bertz CT molecular complexity index is 2610. The van der Waals surface area contributed by atoms with Crippen molar-refractivity contribution in [3.05, 3.63) is 81.4 Å². The molecule has 0 saturated heterocycles. The highest BCUT2D eigenvalue weighted by atomic mass is 35.5. The number of rotatable bonds is 14. The lowest BCUT2D eigenvalue weighted by Gasteiger charge is -2.32. The van der Waals surface area contributed by atoms with Crippen LogP contribution < -0.4 is 10.6 Å². The number of carboxylic acid groups (broad SMARTS) is 1. The molecule has 0 radical (unpaired) electrons. The number of nitrogens with one attached hydrogen (secondary N) is 2. The smallest absolute Gasteiger partial charge is 0.309 e. The summed E-state index contributed by atoms with van der Waals surface area (Å²) in [5, 5.41) is 26.6. The summed E-state index contributed by atoms with van der Waals surface area (Å²) in [7, 11) is 5.58. The molecule has 2 aliphatic heterocycles. The summed E-state index contributed by atoms with van der Waals surface area (Å²) >= 11 is 7.04. The Kier molecular flexibility index (Phi) is 11.2. The second-order valence-electron chi connectivity index (χ2n) is 20.6. The summed E-state index contributed by atoms with van der Waals surface area (Å²) < 4.78 is 9.36. The molecule has 4 bridgehead atoms. The van der Waals surface area contributed by atoms with Crippen LogP contribution in [-0.2, 0) is 49.6 Å². The zero-order chi connectivity index (χ0) is 45.3. The number of nitriles is 1. The summed E-state index contributed by atoms with van der Waals surface area (Å²) in [6.07, 6.45) is 14.5. The molecule has 2 aromatic carbocycles. The molecule has 4 heterocycles. The largest absolute Gasteiger partial charge is 0.481 e. The molecule has 4 fully saturated rings. The fourth-order valence-electron chi connectivity index (χ4n) is 13.2. The van der Waals surface area contributed by atoms with Gasteiger partial charge >= 0.3 is 5.97 Å². The number of carboxylic acids is 1.